The summed E-state index contributed by atoms with van der Waals surface area (Å²) in [6, 6.07) is 0. The molecule has 6 nitrogen and oxygen atoms in total. The van der Waals surface area contributed by atoms with Crippen LogP contribution in [0.25, 0.3) is 0 Å². The third kappa shape index (κ3) is 3.71. The standard InChI is InChI=1S/C13H25N3O3S/c1-14-9-13(17)15-6-3-12(10-15)11-4-7-16(8-5-11)20(2,18)19/h11-12,14H,3-10H2,1-2H3. The first-order chi connectivity index (χ1) is 9.41. The van der Waals surface area contributed by atoms with Gasteiger partial charge in [0, 0.05) is 26.2 Å². The highest BCUT2D eigenvalue weighted by Gasteiger charge is 2.34. The van der Waals surface area contributed by atoms with Gasteiger partial charge in [-0.2, -0.15) is 0 Å². The van der Waals surface area contributed by atoms with E-state index in [1.165, 1.54) is 6.26 Å². The number of carbonyl (C=O) groups excluding carboxylic acids is 1. The van der Waals surface area contributed by atoms with E-state index in [9.17, 15) is 13.2 Å². The highest BCUT2D eigenvalue weighted by Crippen LogP contribution is 2.32. The van der Waals surface area contributed by atoms with E-state index in [1.54, 1.807) is 11.4 Å². The summed E-state index contributed by atoms with van der Waals surface area (Å²) in [6.45, 7) is 3.34. The molecular formula is C13H25N3O3S. The average Bonchev–Trinajstić information content (AvgIpc) is 2.88. The second-order valence-corrected chi connectivity index (χ2v) is 7.90. The molecule has 1 atom stereocenters. The van der Waals surface area contributed by atoms with Gasteiger partial charge in [0.2, 0.25) is 15.9 Å². The monoisotopic (exact) mass is 303 g/mol. The maximum Gasteiger partial charge on any atom is 0.236 e. The molecule has 2 rings (SSSR count). The molecule has 20 heavy (non-hydrogen) atoms. The van der Waals surface area contributed by atoms with Crippen LogP contribution >= 0.6 is 0 Å². The lowest BCUT2D eigenvalue weighted by atomic mass is 9.84. The largest absolute Gasteiger partial charge is 0.341 e. The van der Waals surface area contributed by atoms with E-state index in [0.717, 1.165) is 32.4 Å². The minimum atomic E-state index is -3.04. The van der Waals surface area contributed by atoms with Crippen LogP contribution in [0.4, 0.5) is 0 Å². The Morgan fingerprint density at radius 2 is 1.75 bits per heavy atom. The molecule has 0 spiro atoms. The average molecular weight is 303 g/mol. The van der Waals surface area contributed by atoms with E-state index in [-0.39, 0.29) is 5.91 Å². The van der Waals surface area contributed by atoms with Crippen molar-refractivity contribution in [1.82, 2.24) is 14.5 Å². The number of sulfonamides is 1. The summed E-state index contributed by atoms with van der Waals surface area (Å²) >= 11 is 0. The molecule has 1 amide bonds. The van der Waals surface area contributed by atoms with Crippen LogP contribution in [0.2, 0.25) is 0 Å². The Balaban J connectivity index is 1.82. The fourth-order valence-corrected chi connectivity index (χ4v) is 4.21. The fourth-order valence-electron chi connectivity index (χ4n) is 3.34. The Labute approximate surface area is 121 Å². The minimum absolute atomic E-state index is 0.170. The Hall–Kier alpha value is -0.660. The molecule has 0 saturated carbocycles. The number of carbonyl (C=O) groups is 1. The summed E-state index contributed by atoms with van der Waals surface area (Å²) in [5, 5.41) is 2.90. The quantitative estimate of drug-likeness (QED) is 0.776. The van der Waals surface area contributed by atoms with E-state index in [2.05, 4.69) is 5.32 Å². The molecule has 2 heterocycles. The lowest BCUT2D eigenvalue weighted by molar-refractivity contribution is -0.129. The first kappa shape index (κ1) is 15.7. The number of piperidine rings is 1. The van der Waals surface area contributed by atoms with E-state index in [0.29, 0.717) is 31.5 Å². The van der Waals surface area contributed by atoms with Crippen molar-refractivity contribution >= 4 is 15.9 Å². The second kappa shape index (κ2) is 6.41. The number of nitrogens with zero attached hydrogens (tertiary/aromatic N) is 2. The molecule has 0 radical (unpaired) electrons. The van der Waals surface area contributed by atoms with Crippen molar-refractivity contribution in [3.63, 3.8) is 0 Å². The first-order valence-electron chi connectivity index (χ1n) is 7.29. The summed E-state index contributed by atoms with van der Waals surface area (Å²) in [7, 11) is -1.26. The van der Waals surface area contributed by atoms with Gasteiger partial charge in [0.15, 0.2) is 0 Å². The summed E-state index contributed by atoms with van der Waals surface area (Å²) in [4.78, 5) is 13.8. The number of amides is 1. The molecule has 0 aromatic heterocycles. The van der Waals surface area contributed by atoms with Gasteiger partial charge in [-0.1, -0.05) is 0 Å². The molecule has 1 N–H and O–H groups in total. The molecular weight excluding hydrogens is 278 g/mol. The van der Waals surface area contributed by atoms with Gasteiger partial charge < -0.3 is 10.2 Å². The normalized spacial score (nSPS) is 26.1. The van der Waals surface area contributed by atoms with Crippen molar-refractivity contribution in [2.75, 3.05) is 46.0 Å². The third-order valence-electron chi connectivity index (χ3n) is 4.54. The number of rotatable bonds is 4. The van der Waals surface area contributed by atoms with Crippen LogP contribution in [0.1, 0.15) is 19.3 Å². The number of likely N-dealkylation sites (tertiary alicyclic amines) is 1. The number of hydrogen-bond acceptors (Lipinski definition) is 4. The van der Waals surface area contributed by atoms with Gasteiger partial charge in [0.05, 0.1) is 12.8 Å². The second-order valence-electron chi connectivity index (χ2n) is 5.92. The first-order valence-corrected chi connectivity index (χ1v) is 9.14. The zero-order valence-corrected chi connectivity index (χ0v) is 13.2. The van der Waals surface area contributed by atoms with Crippen LogP contribution < -0.4 is 5.32 Å². The number of nitrogens with one attached hydrogen (secondary N) is 1. The molecule has 2 aliphatic rings. The minimum Gasteiger partial charge on any atom is -0.341 e. The summed E-state index contributed by atoms with van der Waals surface area (Å²) in [5.74, 6) is 1.27. The van der Waals surface area contributed by atoms with E-state index in [4.69, 9.17) is 0 Å². The van der Waals surface area contributed by atoms with Gasteiger partial charge in [-0.05, 0) is 38.1 Å². The third-order valence-corrected chi connectivity index (χ3v) is 5.84. The summed E-state index contributed by atoms with van der Waals surface area (Å²) in [5.41, 5.74) is 0. The maximum absolute atomic E-state index is 11.8. The van der Waals surface area contributed by atoms with Gasteiger partial charge >= 0.3 is 0 Å². The topological polar surface area (TPSA) is 69.7 Å². The van der Waals surface area contributed by atoms with Crippen LogP contribution in [0, 0.1) is 11.8 Å². The van der Waals surface area contributed by atoms with Gasteiger partial charge in [0.1, 0.15) is 0 Å². The number of likely N-dealkylation sites (N-methyl/N-ethyl adjacent to an activating group) is 1. The van der Waals surface area contributed by atoms with Gasteiger partial charge in [0.25, 0.3) is 0 Å². The molecule has 116 valence electrons. The maximum atomic E-state index is 11.8. The van der Waals surface area contributed by atoms with E-state index < -0.39 is 10.0 Å². The Morgan fingerprint density at radius 3 is 2.30 bits per heavy atom. The van der Waals surface area contributed by atoms with Crippen LogP contribution in [0.3, 0.4) is 0 Å². The van der Waals surface area contributed by atoms with Crippen molar-refractivity contribution in [2.45, 2.75) is 19.3 Å². The molecule has 2 fully saturated rings. The molecule has 0 bridgehead atoms. The fraction of sp³-hybridized carbons (Fsp3) is 0.923. The van der Waals surface area contributed by atoms with Crippen molar-refractivity contribution in [2.24, 2.45) is 11.8 Å². The molecule has 2 saturated heterocycles. The molecule has 7 heteroatoms. The summed E-state index contributed by atoms with van der Waals surface area (Å²) < 4.78 is 24.6. The Bertz CT molecular complexity index is 444. The highest BCUT2D eigenvalue weighted by molar-refractivity contribution is 7.88. The number of hydrogen-bond donors (Lipinski definition) is 1. The molecule has 2 aliphatic heterocycles. The van der Waals surface area contributed by atoms with Crippen molar-refractivity contribution in [3.8, 4) is 0 Å². The van der Waals surface area contributed by atoms with Crippen LogP contribution in [0.5, 0.6) is 0 Å². The van der Waals surface area contributed by atoms with Crippen molar-refractivity contribution < 1.29 is 13.2 Å². The van der Waals surface area contributed by atoms with Crippen molar-refractivity contribution in [3.05, 3.63) is 0 Å². The van der Waals surface area contributed by atoms with E-state index >= 15 is 0 Å². The van der Waals surface area contributed by atoms with Gasteiger partial charge in [-0.15, -0.1) is 0 Å². The Morgan fingerprint density at radius 1 is 1.15 bits per heavy atom. The molecule has 0 aliphatic carbocycles. The molecule has 0 aromatic carbocycles. The predicted octanol–water partition coefficient (Wildman–Crippen LogP) is -0.274. The van der Waals surface area contributed by atoms with E-state index in [1.807, 2.05) is 4.90 Å². The molecule has 1 unspecified atom stereocenters. The van der Waals surface area contributed by atoms with Crippen molar-refractivity contribution in [1.29, 1.82) is 0 Å². The van der Waals surface area contributed by atoms with Crippen LogP contribution in [-0.2, 0) is 14.8 Å². The van der Waals surface area contributed by atoms with Gasteiger partial charge in [-0.25, -0.2) is 12.7 Å². The molecule has 0 aromatic rings. The van der Waals surface area contributed by atoms with Crippen LogP contribution in [0.15, 0.2) is 0 Å². The summed E-state index contributed by atoms with van der Waals surface area (Å²) in [6.07, 6.45) is 4.18. The highest BCUT2D eigenvalue weighted by atomic mass is 32.2. The lowest BCUT2D eigenvalue weighted by Crippen LogP contribution is -2.40. The van der Waals surface area contributed by atoms with Crippen LogP contribution in [-0.4, -0.2) is 69.6 Å². The van der Waals surface area contributed by atoms with Gasteiger partial charge in [-0.3, -0.25) is 4.79 Å². The zero-order valence-electron chi connectivity index (χ0n) is 12.3. The SMILES string of the molecule is CNCC(=O)N1CCC(C2CCN(S(C)(=O)=O)CC2)C1. The Kier molecular flexibility index (Phi) is 5.04. The predicted molar refractivity (Wildman–Crippen MR) is 77.8 cm³/mol. The lowest BCUT2D eigenvalue weighted by Gasteiger charge is -2.33. The smallest absolute Gasteiger partial charge is 0.236 e. The zero-order chi connectivity index (χ0) is 14.8.